The normalized spacial score (nSPS) is 23.7. The van der Waals surface area contributed by atoms with Crippen LogP contribution in [0.5, 0.6) is 0 Å². The van der Waals surface area contributed by atoms with Crippen molar-refractivity contribution in [3.63, 3.8) is 0 Å². The third-order valence-corrected chi connectivity index (χ3v) is 5.84. The van der Waals surface area contributed by atoms with Crippen LogP contribution >= 0.6 is 0 Å². The van der Waals surface area contributed by atoms with Crippen LogP contribution in [-0.2, 0) is 17.8 Å². The van der Waals surface area contributed by atoms with Crippen molar-refractivity contribution in [2.75, 3.05) is 19.6 Å². The van der Waals surface area contributed by atoms with E-state index in [-0.39, 0.29) is 0 Å². The highest BCUT2D eigenvalue weighted by Crippen LogP contribution is 2.32. The maximum Gasteiger partial charge on any atom is 0.222 e. The summed E-state index contributed by atoms with van der Waals surface area (Å²) >= 11 is 0. The van der Waals surface area contributed by atoms with Crippen LogP contribution in [0.4, 0.5) is 0 Å². The first-order chi connectivity index (χ1) is 12.8. The number of amides is 1. The highest BCUT2D eigenvalue weighted by Gasteiger charge is 2.38. The highest BCUT2D eigenvalue weighted by atomic mass is 16.2. The molecule has 2 saturated heterocycles. The summed E-state index contributed by atoms with van der Waals surface area (Å²) in [5, 5.41) is 0. The molecule has 0 aliphatic carbocycles. The zero-order valence-corrected chi connectivity index (χ0v) is 15.3. The molecular weight excluding hydrogens is 322 g/mol. The van der Waals surface area contributed by atoms with Gasteiger partial charge in [0.05, 0.1) is 0 Å². The summed E-state index contributed by atoms with van der Waals surface area (Å²) in [6, 6.07) is 15.1. The summed E-state index contributed by atoms with van der Waals surface area (Å²) in [6.45, 7) is 3.97. The summed E-state index contributed by atoms with van der Waals surface area (Å²) in [4.78, 5) is 21.5. The number of hydrogen-bond donors (Lipinski definition) is 0. The number of piperidine rings is 2. The van der Waals surface area contributed by atoms with Crippen molar-refractivity contribution in [2.24, 2.45) is 5.92 Å². The number of carbonyl (C=O) groups excluding carboxylic acids is 1. The molecule has 2 aliphatic rings. The molecule has 26 heavy (non-hydrogen) atoms. The van der Waals surface area contributed by atoms with Crippen molar-refractivity contribution in [3.05, 3.63) is 66.0 Å². The van der Waals surface area contributed by atoms with Gasteiger partial charge in [-0.2, -0.15) is 0 Å². The van der Waals surface area contributed by atoms with Gasteiger partial charge in [0.15, 0.2) is 0 Å². The molecule has 0 unspecified atom stereocenters. The standard InChI is InChI=1S/C22H27N3O/c26-22-9-8-20-17-24(16-19-7-4-12-23-15-19)13-11-21(20)25(22)14-10-18-5-2-1-3-6-18/h1-7,12,15,20-21H,8-11,13-14,16-17H2/t20-,21+/m1/s1. The first-order valence-electron chi connectivity index (χ1n) is 9.74. The van der Waals surface area contributed by atoms with Crippen LogP contribution in [0.2, 0.25) is 0 Å². The molecule has 2 aromatic rings. The van der Waals surface area contributed by atoms with Gasteiger partial charge in [-0.15, -0.1) is 0 Å². The highest BCUT2D eigenvalue weighted by molar-refractivity contribution is 5.77. The molecule has 4 heteroatoms. The number of carbonyl (C=O) groups is 1. The van der Waals surface area contributed by atoms with Crippen LogP contribution in [0, 0.1) is 5.92 Å². The van der Waals surface area contributed by atoms with Crippen molar-refractivity contribution >= 4 is 5.91 Å². The number of fused-ring (bicyclic) bond motifs is 1. The summed E-state index contributed by atoms with van der Waals surface area (Å²) < 4.78 is 0. The number of benzene rings is 1. The van der Waals surface area contributed by atoms with E-state index in [1.807, 2.05) is 24.5 Å². The Hall–Kier alpha value is -2.20. The molecule has 0 saturated carbocycles. The molecular formula is C22H27N3O. The quantitative estimate of drug-likeness (QED) is 0.832. The molecule has 0 radical (unpaired) electrons. The number of likely N-dealkylation sites (tertiary alicyclic amines) is 2. The van der Waals surface area contributed by atoms with Gasteiger partial charge in [0.1, 0.15) is 0 Å². The average Bonchev–Trinajstić information content (AvgIpc) is 2.69. The van der Waals surface area contributed by atoms with E-state index in [1.165, 1.54) is 11.1 Å². The van der Waals surface area contributed by atoms with E-state index in [0.29, 0.717) is 24.3 Å². The van der Waals surface area contributed by atoms with Crippen molar-refractivity contribution in [1.29, 1.82) is 0 Å². The van der Waals surface area contributed by atoms with Gasteiger partial charge in [-0.05, 0) is 42.4 Å². The Morgan fingerprint density at radius 1 is 1.04 bits per heavy atom. The van der Waals surface area contributed by atoms with Gasteiger partial charge in [-0.1, -0.05) is 36.4 Å². The minimum atomic E-state index is 0.350. The molecule has 1 amide bonds. The molecule has 1 aromatic carbocycles. The average molecular weight is 349 g/mol. The minimum absolute atomic E-state index is 0.350. The lowest BCUT2D eigenvalue weighted by atomic mass is 9.83. The van der Waals surface area contributed by atoms with E-state index >= 15 is 0 Å². The second-order valence-electron chi connectivity index (χ2n) is 7.57. The fourth-order valence-electron chi connectivity index (χ4n) is 4.50. The van der Waals surface area contributed by atoms with E-state index in [4.69, 9.17) is 0 Å². The molecule has 2 atom stereocenters. The van der Waals surface area contributed by atoms with E-state index < -0.39 is 0 Å². The lowest BCUT2D eigenvalue weighted by molar-refractivity contribution is -0.141. The number of hydrogen-bond acceptors (Lipinski definition) is 3. The van der Waals surface area contributed by atoms with E-state index in [1.54, 1.807) is 0 Å². The maximum absolute atomic E-state index is 12.5. The molecule has 0 bridgehead atoms. The van der Waals surface area contributed by atoms with Crippen LogP contribution in [0.1, 0.15) is 30.4 Å². The molecule has 136 valence electrons. The van der Waals surface area contributed by atoms with E-state index in [9.17, 15) is 4.79 Å². The monoisotopic (exact) mass is 349 g/mol. The molecule has 2 fully saturated rings. The van der Waals surface area contributed by atoms with Crippen LogP contribution in [0.3, 0.4) is 0 Å². The Bertz CT molecular complexity index is 719. The maximum atomic E-state index is 12.5. The molecule has 2 aliphatic heterocycles. The van der Waals surface area contributed by atoms with Crippen molar-refractivity contribution in [2.45, 2.75) is 38.3 Å². The lowest BCUT2D eigenvalue weighted by Crippen LogP contribution is -2.56. The summed E-state index contributed by atoms with van der Waals surface area (Å²) in [5.41, 5.74) is 2.59. The number of pyridine rings is 1. The molecule has 4 nitrogen and oxygen atoms in total. The minimum Gasteiger partial charge on any atom is -0.339 e. The third-order valence-electron chi connectivity index (χ3n) is 5.84. The van der Waals surface area contributed by atoms with Crippen LogP contribution in [-0.4, -0.2) is 46.4 Å². The Balaban J connectivity index is 1.37. The van der Waals surface area contributed by atoms with E-state index in [0.717, 1.165) is 45.4 Å². The zero-order valence-electron chi connectivity index (χ0n) is 15.3. The Morgan fingerprint density at radius 3 is 2.69 bits per heavy atom. The Labute approximate surface area is 155 Å². The molecule has 1 aromatic heterocycles. The molecule has 4 rings (SSSR count). The molecule has 3 heterocycles. The lowest BCUT2D eigenvalue weighted by Gasteiger charge is -2.47. The number of nitrogens with zero attached hydrogens (tertiary/aromatic N) is 3. The van der Waals surface area contributed by atoms with Gasteiger partial charge in [0.2, 0.25) is 5.91 Å². The SMILES string of the molecule is O=C1CC[C@@H]2CN(Cc3cccnc3)CC[C@@H]2N1CCc1ccccc1. The van der Waals surface area contributed by atoms with Crippen molar-refractivity contribution in [3.8, 4) is 0 Å². The first-order valence-corrected chi connectivity index (χ1v) is 9.74. The first kappa shape index (κ1) is 17.2. The predicted octanol–water partition coefficient (Wildman–Crippen LogP) is 3.14. The second-order valence-corrected chi connectivity index (χ2v) is 7.57. The van der Waals surface area contributed by atoms with Crippen molar-refractivity contribution in [1.82, 2.24) is 14.8 Å². The molecule has 0 N–H and O–H groups in total. The van der Waals surface area contributed by atoms with Crippen molar-refractivity contribution < 1.29 is 4.79 Å². The summed E-state index contributed by atoms with van der Waals surface area (Å²) in [5.74, 6) is 0.955. The summed E-state index contributed by atoms with van der Waals surface area (Å²) in [6.07, 6.45) is 7.57. The number of rotatable bonds is 5. The second kappa shape index (κ2) is 8.00. The Morgan fingerprint density at radius 2 is 1.88 bits per heavy atom. The fourth-order valence-corrected chi connectivity index (χ4v) is 4.50. The zero-order chi connectivity index (χ0) is 17.8. The van der Waals surface area contributed by atoms with Gasteiger partial charge in [-0.25, -0.2) is 0 Å². The van der Waals surface area contributed by atoms with Crippen LogP contribution < -0.4 is 0 Å². The van der Waals surface area contributed by atoms with Gasteiger partial charge in [-0.3, -0.25) is 14.7 Å². The Kier molecular flexibility index (Phi) is 5.30. The summed E-state index contributed by atoms with van der Waals surface area (Å²) in [7, 11) is 0. The van der Waals surface area contributed by atoms with Gasteiger partial charge < -0.3 is 4.90 Å². The van der Waals surface area contributed by atoms with Crippen LogP contribution in [0.25, 0.3) is 0 Å². The fraction of sp³-hybridized carbons (Fsp3) is 0.455. The van der Waals surface area contributed by atoms with E-state index in [2.05, 4.69) is 45.1 Å². The molecule has 0 spiro atoms. The largest absolute Gasteiger partial charge is 0.339 e. The topological polar surface area (TPSA) is 36.4 Å². The van der Waals surface area contributed by atoms with Crippen LogP contribution in [0.15, 0.2) is 54.9 Å². The van der Waals surface area contributed by atoms with Gasteiger partial charge in [0.25, 0.3) is 0 Å². The predicted molar refractivity (Wildman–Crippen MR) is 103 cm³/mol. The van der Waals surface area contributed by atoms with Gasteiger partial charge in [0, 0.05) is 51.0 Å². The third kappa shape index (κ3) is 3.96. The smallest absolute Gasteiger partial charge is 0.222 e. The van der Waals surface area contributed by atoms with Gasteiger partial charge >= 0.3 is 0 Å². The number of aromatic nitrogens is 1.